The summed E-state index contributed by atoms with van der Waals surface area (Å²) in [6.45, 7) is 5.18. The molecule has 4 rings (SSSR count). The summed E-state index contributed by atoms with van der Waals surface area (Å²) in [7, 11) is 0. The average molecular weight is 412 g/mol. The largest absolute Gasteiger partial charge is 0.494 e. The van der Waals surface area contributed by atoms with Crippen molar-refractivity contribution in [2.75, 3.05) is 19.7 Å². The lowest BCUT2D eigenvalue weighted by Crippen LogP contribution is -3.12. The molecule has 2 N–H and O–H groups in total. The van der Waals surface area contributed by atoms with Crippen molar-refractivity contribution in [1.82, 2.24) is 14.3 Å². The summed E-state index contributed by atoms with van der Waals surface area (Å²) in [5, 5.41) is 14.7. The van der Waals surface area contributed by atoms with Gasteiger partial charge in [-0.25, -0.2) is 0 Å². The summed E-state index contributed by atoms with van der Waals surface area (Å²) < 4.78 is 10.2. The van der Waals surface area contributed by atoms with Gasteiger partial charge in [-0.05, 0) is 43.4 Å². The highest BCUT2D eigenvalue weighted by molar-refractivity contribution is 7.71. The van der Waals surface area contributed by atoms with E-state index in [1.807, 2.05) is 58.6 Å². The summed E-state index contributed by atoms with van der Waals surface area (Å²) in [5.74, 6) is 1.67. The lowest BCUT2D eigenvalue weighted by atomic mass is 10.1. The highest BCUT2D eigenvalue weighted by Gasteiger charge is 2.22. The van der Waals surface area contributed by atoms with Crippen LogP contribution in [0.3, 0.4) is 0 Å². The van der Waals surface area contributed by atoms with E-state index in [0.717, 1.165) is 48.8 Å². The van der Waals surface area contributed by atoms with Gasteiger partial charge in [0.2, 0.25) is 4.77 Å². The van der Waals surface area contributed by atoms with E-state index in [9.17, 15) is 5.11 Å². The summed E-state index contributed by atoms with van der Waals surface area (Å²) >= 11 is 5.84. The van der Waals surface area contributed by atoms with Gasteiger partial charge < -0.3 is 14.7 Å². The van der Waals surface area contributed by atoms with E-state index in [0.29, 0.717) is 18.0 Å². The summed E-state index contributed by atoms with van der Waals surface area (Å²) in [5.41, 5.74) is 1.99. The zero-order chi connectivity index (χ0) is 20.2. The minimum atomic E-state index is -0.173. The van der Waals surface area contributed by atoms with Gasteiger partial charge >= 0.3 is 0 Å². The first kappa shape index (κ1) is 19.8. The third-order valence-corrected chi connectivity index (χ3v) is 5.71. The molecule has 1 saturated heterocycles. The van der Waals surface area contributed by atoms with Crippen molar-refractivity contribution in [3.05, 3.63) is 59.4 Å². The number of piperidine rings is 1. The van der Waals surface area contributed by atoms with Gasteiger partial charge in [-0.15, -0.1) is 5.10 Å². The lowest BCUT2D eigenvalue weighted by molar-refractivity contribution is -0.929. The van der Waals surface area contributed by atoms with Crippen LogP contribution in [0.1, 0.15) is 19.8 Å². The molecule has 1 aromatic heterocycles. The zero-order valence-corrected chi connectivity index (χ0v) is 17.4. The number of quaternary nitrogens is 1. The average Bonchev–Trinajstić information content (AvgIpc) is 3.07. The van der Waals surface area contributed by atoms with E-state index in [2.05, 4.69) is 12.1 Å². The molecule has 1 aliphatic heterocycles. The third-order valence-electron chi connectivity index (χ3n) is 5.31. The Morgan fingerprint density at radius 3 is 2.45 bits per heavy atom. The van der Waals surface area contributed by atoms with Crippen LogP contribution >= 0.6 is 12.2 Å². The molecule has 152 valence electrons. The fourth-order valence-electron chi connectivity index (χ4n) is 3.76. The number of hydrogen-bond acceptors (Lipinski definition) is 4. The molecule has 3 aromatic rings. The number of aliphatic hydroxyl groups excluding tert-OH is 1. The van der Waals surface area contributed by atoms with Crippen LogP contribution in [0.2, 0.25) is 0 Å². The molecule has 29 heavy (non-hydrogen) atoms. The first-order chi connectivity index (χ1) is 14.2. The van der Waals surface area contributed by atoms with Crippen molar-refractivity contribution in [3.63, 3.8) is 0 Å². The van der Waals surface area contributed by atoms with Crippen LogP contribution < -0.4 is 9.64 Å². The second-order valence-corrected chi connectivity index (χ2v) is 7.74. The van der Waals surface area contributed by atoms with Gasteiger partial charge in [-0.3, -0.25) is 4.57 Å². The fourth-order valence-corrected chi connectivity index (χ4v) is 4.05. The van der Waals surface area contributed by atoms with Crippen molar-refractivity contribution in [2.24, 2.45) is 0 Å². The smallest absolute Gasteiger partial charge is 0.207 e. The number of rotatable bonds is 6. The van der Waals surface area contributed by atoms with Crippen LogP contribution in [-0.2, 0) is 6.67 Å². The molecular weight excluding hydrogens is 384 g/mol. The predicted octanol–water partition coefficient (Wildman–Crippen LogP) is 2.47. The van der Waals surface area contributed by atoms with E-state index in [1.54, 1.807) is 0 Å². The van der Waals surface area contributed by atoms with Crippen LogP contribution in [0, 0.1) is 4.77 Å². The standard InChI is InChI=1S/C22H26N4O2S/c1-2-28-20-10-8-18(9-11-20)26-21(17-6-4-3-5-7-17)23-25(22(26)29)16-24-14-12-19(27)13-15-24/h3-11,19,27H,2,12-16H2,1H3/p+1. The molecule has 1 fully saturated rings. The van der Waals surface area contributed by atoms with Gasteiger partial charge in [-0.2, -0.15) is 4.68 Å². The van der Waals surface area contributed by atoms with Crippen molar-refractivity contribution in [3.8, 4) is 22.8 Å². The molecule has 6 nitrogen and oxygen atoms in total. The monoisotopic (exact) mass is 411 g/mol. The topological polar surface area (TPSA) is 56.7 Å². The van der Waals surface area contributed by atoms with E-state index in [4.69, 9.17) is 22.1 Å². The fraction of sp³-hybridized carbons (Fsp3) is 0.364. The normalized spacial score (nSPS) is 19.2. The van der Waals surface area contributed by atoms with E-state index < -0.39 is 0 Å². The minimum Gasteiger partial charge on any atom is -0.494 e. The van der Waals surface area contributed by atoms with Gasteiger partial charge in [0, 0.05) is 18.4 Å². The molecule has 0 atom stereocenters. The molecule has 2 heterocycles. The molecule has 0 saturated carbocycles. The Bertz CT molecular complexity index is 990. The van der Waals surface area contributed by atoms with Gasteiger partial charge in [0.25, 0.3) is 0 Å². The number of benzene rings is 2. The number of likely N-dealkylation sites (tertiary alicyclic amines) is 1. The van der Waals surface area contributed by atoms with Gasteiger partial charge in [0.15, 0.2) is 12.5 Å². The number of nitrogens with zero attached hydrogens (tertiary/aromatic N) is 3. The van der Waals surface area contributed by atoms with E-state index >= 15 is 0 Å². The molecule has 0 amide bonds. The number of aliphatic hydroxyl groups is 1. The molecule has 0 radical (unpaired) electrons. The first-order valence-corrected chi connectivity index (χ1v) is 10.6. The quantitative estimate of drug-likeness (QED) is 0.612. The maximum absolute atomic E-state index is 9.78. The van der Waals surface area contributed by atoms with Crippen molar-refractivity contribution in [2.45, 2.75) is 32.5 Å². The van der Waals surface area contributed by atoms with Crippen LogP contribution in [0.5, 0.6) is 5.75 Å². The summed E-state index contributed by atoms with van der Waals surface area (Å²) in [6, 6.07) is 18.1. The molecule has 7 heteroatoms. The molecule has 1 aliphatic rings. The number of ether oxygens (including phenoxy) is 1. The Morgan fingerprint density at radius 2 is 1.79 bits per heavy atom. The minimum absolute atomic E-state index is 0.173. The molecule has 0 bridgehead atoms. The Hall–Kier alpha value is -2.48. The van der Waals surface area contributed by atoms with Crippen LogP contribution in [0.15, 0.2) is 54.6 Å². The maximum Gasteiger partial charge on any atom is 0.207 e. The second kappa shape index (κ2) is 8.90. The Kier molecular flexibility index (Phi) is 6.08. The summed E-state index contributed by atoms with van der Waals surface area (Å²) in [6.07, 6.45) is 1.48. The highest BCUT2D eigenvalue weighted by atomic mass is 32.1. The zero-order valence-electron chi connectivity index (χ0n) is 16.6. The Balaban J connectivity index is 1.72. The Morgan fingerprint density at radius 1 is 1.10 bits per heavy atom. The van der Waals surface area contributed by atoms with Crippen molar-refractivity contribution in [1.29, 1.82) is 0 Å². The lowest BCUT2D eigenvalue weighted by Gasteiger charge is -2.26. The number of hydrogen-bond donors (Lipinski definition) is 2. The predicted molar refractivity (Wildman–Crippen MR) is 115 cm³/mol. The molecule has 0 spiro atoms. The Labute approximate surface area is 176 Å². The van der Waals surface area contributed by atoms with Crippen LogP contribution in [0.4, 0.5) is 0 Å². The van der Waals surface area contributed by atoms with Crippen LogP contribution in [-0.4, -0.2) is 45.3 Å². The maximum atomic E-state index is 9.78. The van der Waals surface area contributed by atoms with Gasteiger partial charge in [-0.1, -0.05) is 30.3 Å². The second-order valence-electron chi connectivity index (χ2n) is 7.37. The molecule has 0 unspecified atom stereocenters. The first-order valence-electron chi connectivity index (χ1n) is 10.2. The van der Waals surface area contributed by atoms with E-state index in [1.165, 1.54) is 4.90 Å². The van der Waals surface area contributed by atoms with Gasteiger partial charge in [0.05, 0.1) is 31.5 Å². The van der Waals surface area contributed by atoms with Crippen LogP contribution in [0.25, 0.3) is 17.1 Å². The SMILES string of the molecule is CCOc1ccc(-n2c(-c3ccccc3)nn(C[NH+]3CCC(O)CC3)c2=S)cc1. The van der Waals surface area contributed by atoms with Crippen molar-refractivity contribution >= 4 is 12.2 Å². The number of nitrogens with one attached hydrogen (secondary N) is 1. The van der Waals surface area contributed by atoms with E-state index in [-0.39, 0.29) is 6.10 Å². The number of aromatic nitrogens is 3. The highest BCUT2D eigenvalue weighted by Crippen LogP contribution is 2.24. The third kappa shape index (κ3) is 4.42. The molecular formula is C22H27N4O2S+. The molecule has 0 aliphatic carbocycles. The van der Waals surface area contributed by atoms with Gasteiger partial charge in [0.1, 0.15) is 5.75 Å². The van der Waals surface area contributed by atoms with Crippen molar-refractivity contribution < 1.29 is 14.7 Å². The molecule has 2 aromatic carbocycles. The summed E-state index contributed by atoms with van der Waals surface area (Å²) in [4.78, 5) is 1.39.